The van der Waals surface area contributed by atoms with Crippen molar-refractivity contribution in [3.05, 3.63) is 22.7 Å². The van der Waals surface area contributed by atoms with Crippen molar-refractivity contribution in [3.8, 4) is 11.5 Å². The maximum Gasteiger partial charge on any atom is 0.231 e. The summed E-state index contributed by atoms with van der Waals surface area (Å²) in [6.45, 7) is 0.771. The molecule has 16 heavy (non-hydrogen) atoms. The monoisotopic (exact) mass is 264 g/mol. The molecular weight excluding hydrogens is 251 g/mol. The van der Waals surface area contributed by atoms with Crippen molar-refractivity contribution >= 4 is 24.0 Å². The number of rotatable bonds is 3. The van der Waals surface area contributed by atoms with Gasteiger partial charge in [0.2, 0.25) is 6.79 Å². The van der Waals surface area contributed by atoms with E-state index in [1.165, 1.54) is 0 Å². The lowest BCUT2D eigenvalue weighted by Gasteiger charge is -2.13. The van der Waals surface area contributed by atoms with Crippen LogP contribution < -0.4 is 20.9 Å². The summed E-state index contributed by atoms with van der Waals surface area (Å²) in [6, 6.07) is 3.40. The molecule has 0 unspecified atom stereocenters. The van der Waals surface area contributed by atoms with E-state index in [2.05, 4.69) is 0 Å². The molecular formula is C10H14Cl2N2O2. The molecule has 0 aliphatic carbocycles. The third-order valence-corrected chi connectivity index (χ3v) is 2.70. The van der Waals surface area contributed by atoms with Crippen molar-refractivity contribution in [2.45, 2.75) is 12.5 Å². The van der Waals surface area contributed by atoms with Gasteiger partial charge in [0.1, 0.15) is 0 Å². The molecule has 0 saturated carbocycles. The van der Waals surface area contributed by atoms with E-state index in [0.717, 1.165) is 5.56 Å². The Morgan fingerprint density at radius 3 is 2.56 bits per heavy atom. The molecule has 1 aliphatic heterocycles. The summed E-state index contributed by atoms with van der Waals surface area (Å²) in [6.07, 6.45) is 0.694. The highest BCUT2D eigenvalue weighted by atomic mass is 35.5. The second-order valence-electron chi connectivity index (χ2n) is 3.41. The fourth-order valence-corrected chi connectivity index (χ4v) is 1.85. The maximum absolute atomic E-state index is 6.08. The van der Waals surface area contributed by atoms with Gasteiger partial charge in [0.15, 0.2) is 11.5 Å². The van der Waals surface area contributed by atoms with Crippen LogP contribution in [0.4, 0.5) is 0 Å². The highest BCUT2D eigenvalue weighted by Crippen LogP contribution is 2.38. The molecule has 1 atom stereocenters. The van der Waals surface area contributed by atoms with Crippen molar-refractivity contribution in [2.75, 3.05) is 13.3 Å². The Bertz CT molecular complexity index is 374. The van der Waals surface area contributed by atoms with E-state index in [1.54, 1.807) is 6.07 Å². The molecule has 0 fully saturated rings. The summed E-state index contributed by atoms with van der Waals surface area (Å²) in [4.78, 5) is 0. The minimum Gasteiger partial charge on any atom is -0.454 e. The van der Waals surface area contributed by atoms with Crippen molar-refractivity contribution in [1.82, 2.24) is 0 Å². The summed E-state index contributed by atoms with van der Waals surface area (Å²) in [7, 11) is 0. The third-order valence-electron chi connectivity index (χ3n) is 2.37. The Balaban J connectivity index is 0.00000128. The van der Waals surface area contributed by atoms with E-state index in [0.29, 0.717) is 29.5 Å². The first-order valence-electron chi connectivity index (χ1n) is 4.77. The van der Waals surface area contributed by atoms with Gasteiger partial charge in [-0.25, -0.2) is 0 Å². The fraction of sp³-hybridized carbons (Fsp3) is 0.400. The average Bonchev–Trinajstić information content (AvgIpc) is 2.63. The van der Waals surface area contributed by atoms with Crippen LogP contribution in [-0.4, -0.2) is 13.3 Å². The SMILES string of the molecule is Cl.NCC[C@H](N)c1cc2c(cc1Cl)OCO2. The highest BCUT2D eigenvalue weighted by Gasteiger charge is 2.19. The molecule has 0 saturated heterocycles. The Kier molecular flexibility index (Phi) is 4.68. The number of benzene rings is 1. The quantitative estimate of drug-likeness (QED) is 0.874. The molecule has 4 nitrogen and oxygen atoms in total. The van der Waals surface area contributed by atoms with Crippen LogP contribution in [0.25, 0.3) is 0 Å². The lowest BCUT2D eigenvalue weighted by molar-refractivity contribution is 0.174. The second kappa shape index (κ2) is 5.59. The fourth-order valence-electron chi connectivity index (χ4n) is 1.55. The normalized spacial score (nSPS) is 14.4. The molecule has 1 aliphatic rings. The molecule has 2 rings (SSSR count). The van der Waals surface area contributed by atoms with E-state index < -0.39 is 0 Å². The van der Waals surface area contributed by atoms with Crippen LogP contribution in [0.15, 0.2) is 12.1 Å². The molecule has 1 heterocycles. The van der Waals surface area contributed by atoms with Crippen LogP contribution in [0.3, 0.4) is 0 Å². The predicted molar refractivity (Wildman–Crippen MR) is 65.4 cm³/mol. The molecule has 0 bridgehead atoms. The maximum atomic E-state index is 6.08. The summed E-state index contributed by atoms with van der Waals surface area (Å²) in [5, 5.41) is 0.597. The Labute approximate surface area is 105 Å². The van der Waals surface area contributed by atoms with E-state index >= 15 is 0 Å². The van der Waals surface area contributed by atoms with Gasteiger partial charge in [0, 0.05) is 17.1 Å². The van der Waals surface area contributed by atoms with Crippen LogP contribution in [-0.2, 0) is 0 Å². The van der Waals surface area contributed by atoms with Crippen molar-refractivity contribution in [2.24, 2.45) is 11.5 Å². The largest absolute Gasteiger partial charge is 0.454 e. The number of hydrogen-bond acceptors (Lipinski definition) is 4. The van der Waals surface area contributed by atoms with E-state index in [9.17, 15) is 0 Å². The summed E-state index contributed by atoms with van der Waals surface area (Å²) < 4.78 is 10.5. The number of hydrogen-bond donors (Lipinski definition) is 2. The molecule has 6 heteroatoms. The number of nitrogens with two attached hydrogens (primary N) is 2. The molecule has 0 radical (unpaired) electrons. The standard InChI is InChI=1S/C10H13ClN2O2.ClH/c11-7-4-10-9(14-5-15-10)3-6(7)8(13)1-2-12;/h3-4,8H,1-2,5,12-13H2;1H/t8-;/m0./s1. The third kappa shape index (κ3) is 2.52. The first kappa shape index (κ1) is 13.4. The Hall–Kier alpha value is -0.680. The zero-order valence-corrected chi connectivity index (χ0v) is 10.2. The van der Waals surface area contributed by atoms with Gasteiger partial charge in [-0.15, -0.1) is 12.4 Å². The van der Waals surface area contributed by atoms with Gasteiger partial charge in [0.05, 0.1) is 0 Å². The number of fused-ring (bicyclic) bond motifs is 1. The molecule has 1 aromatic carbocycles. The predicted octanol–water partition coefficient (Wildman–Crippen LogP) is 1.84. The second-order valence-corrected chi connectivity index (χ2v) is 3.82. The van der Waals surface area contributed by atoms with Crippen LogP contribution >= 0.6 is 24.0 Å². The van der Waals surface area contributed by atoms with Gasteiger partial charge in [-0.2, -0.15) is 0 Å². The Morgan fingerprint density at radius 2 is 1.94 bits per heavy atom. The summed E-state index contributed by atoms with van der Waals surface area (Å²) in [5.74, 6) is 1.37. The van der Waals surface area contributed by atoms with Crippen molar-refractivity contribution in [3.63, 3.8) is 0 Å². The van der Waals surface area contributed by atoms with Crippen LogP contribution in [0.5, 0.6) is 11.5 Å². The van der Waals surface area contributed by atoms with Gasteiger partial charge in [-0.05, 0) is 24.6 Å². The highest BCUT2D eigenvalue weighted by molar-refractivity contribution is 6.31. The minimum atomic E-state index is -0.156. The van der Waals surface area contributed by atoms with E-state index in [4.69, 9.17) is 32.5 Å². The van der Waals surface area contributed by atoms with Gasteiger partial charge in [-0.1, -0.05) is 11.6 Å². The number of ether oxygens (including phenoxy) is 2. The van der Waals surface area contributed by atoms with E-state index in [-0.39, 0.29) is 25.2 Å². The minimum absolute atomic E-state index is 0. The Morgan fingerprint density at radius 1 is 1.31 bits per heavy atom. The van der Waals surface area contributed by atoms with Gasteiger partial charge >= 0.3 is 0 Å². The summed E-state index contributed by atoms with van der Waals surface area (Å²) in [5.41, 5.74) is 12.2. The average molecular weight is 265 g/mol. The molecule has 1 aromatic rings. The topological polar surface area (TPSA) is 70.5 Å². The smallest absolute Gasteiger partial charge is 0.231 e. The van der Waals surface area contributed by atoms with Crippen LogP contribution in [0.1, 0.15) is 18.0 Å². The first-order valence-corrected chi connectivity index (χ1v) is 5.15. The zero-order valence-electron chi connectivity index (χ0n) is 8.61. The lowest BCUT2D eigenvalue weighted by atomic mass is 10.0. The lowest BCUT2D eigenvalue weighted by Crippen LogP contribution is -2.15. The summed E-state index contributed by atoms with van der Waals surface area (Å²) >= 11 is 6.08. The van der Waals surface area contributed by atoms with Crippen LogP contribution in [0.2, 0.25) is 5.02 Å². The molecule has 4 N–H and O–H groups in total. The van der Waals surface area contributed by atoms with Gasteiger partial charge in [-0.3, -0.25) is 0 Å². The van der Waals surface area contributed by atoms with Crippen LogP contribution in [0, 0.1) is 0 Å². The van der Waals surface area contributed by atoms with E-state index in [1.807, 2.05) is 6.07 Å². The molecule has 0 amide bonds. The van der Waals surface area contributed by atoms with Crippen molar-refractivity contribution in [1.29, 1.82) is 0 Å². The molecule has 0 aromatic heterocycles. The zero-order chi connectivity index (χ0) is 10.8. The van der Waals surface area contributed by atoms with Crippen molar-refractivity contribution < 1.29 is 9.47 Å². The number of halogens is 2. The van der Waals surface area contributed by atoms with Gasteiger partial charge in [0.25, 0.3) is 0 Å². The molecule has 0 spiro atoms. The first-order chi connectivity index (χ1) is 7.22. The van der Waals surface area contributed by atoms with Gasteiger partial charge < -0.3 is 20.9 Å². The molecule has 90 valence electrons.